The van der Waals surface area contributed by atoms with Crippen LogP contribution in [0.25, 0.3) is 0 Å². The summed E-state index contributed by atoms with van der Waals surface area (Å²) >= 11 is 5.03. The van der Waals surface area contributed by atoms with Gasteiger partial charge in [-0.15, -0.1) is 11.3 Å². The molecule has 0 spiro atoms. The van der Waals surface area contributed by atoms with E-state index in [1.807, 2.05) is 12.1 Å². The van der Waals surface area contributed by atoms with Gasteiger partial charge in [-0.1, -0.05) is 0 Å². The summed E-state index contributed by atoms with van der Waals surface area (Å²) in [5.41, 5.74) is 0.796. The van der Waals surface area contributed by atoms with Crippen molar-refractivity contribution in [2.45, 2.75) is 6.54 Å². The minimum atomic E-state index is -1.02. The van der Waals surface area contributed by atoms with Crippen LogP contribution in [0.4, 0.5) is 5.69 Å². The third-order valence-corrected chi connectivity index (χ3v) is 3.70. The van der Waals surface area contributed by atoms with Crippen LogP contribution in [-0.4, -0.2) is 16.1 Å². The molecule has 0 aliphatic heterocycles. The molecular formula is C11H9BrN2O2S. The number of hydrogen-bond acceptors (Lipinski definition) is 4. The van der Waals surface area contributed by atoms with Gasteiger partial charge in [-0.05, 0) is 40.2 Å². The number of thiophene rings is 1. The highest BCUT2D eigenvalue weighted by molar-refractivity contribution is 9.11. The van der Waals surface area contributed by atoms with Gasteiger partial charge in [-0.3, -0.25) is 0 Å². The van der Waals surface area contributed by atoms with Crippen molar-refractivity contribution in [2.75, 3.05) is 5.32 Å². The molecule has 6 heteroatoms. The Morgan fingerprint density at radius 2 is 2.29 bits per heavy atom. The SMILES string of the molecule is O=C(O)c1cc(NCc2ccc(Br)s2)ccn1. The van der Waals surface area contributed by atoms with Crippen LogP contribution in [0.15, 0.2) is 34.2 Å². The second-order valence-corrected chi connectivity index (χ2v) is 5.84. The van der Waals surface area contributed by atoms with E-state index in [9.17, 15) is 4.79 Å². The van der Waals surface area contributed by atoms with E-state index in [0.29, 0.717) is 6.54 Å². The standard InChI is InChI=1S/C11H9BrN2O2S/c12-10-2-1-8(17-10)6-14-7-3-4-13-9(5-7)11(15)16/h1-5H,6H2,(H,13,14)(H,15,16). The molecule has 0 aromatic carbocycles. The van der Waals surface area contributed by atoms with Crippen LogP contribution in [0.5, 0.6) is 0 Å². The fourth-order valence-corrected chi connectivity index (χ4v) is 2.72. The smallest absolute Gasteiger partial charge is 0.354 e. The van der Waals surface area contributed by atoms with Crippen molar-refractivity contribution in [3.63, 3.8) is 0 Å². The van der Waals surface area contributed by atoms with Crippen molar-refractivity contribution in [3.05, 3.63) is 44.8 Å². The maximum atomic E-state index is 10.7. The zero-order valence-electron chi connectivity index (χ0n) is 8.68. The Kier molecular flexibility index (Phi) is 3.75. The molecule has 2 aromatic rings. The number of hydrogen-bond donors (Lipinski definition) is 2. The van der Waals surface area contributed by atoms with Gasteiger partial charge in [0.1, 0.15) is 5.69 Å². The number of rotatable bonds is 4. The van der Waals surface area contributed by atoms with Crippen LogP contribution < -0.4 is 5.32 Å². The van der Waals surface area contributed by atoms with Crippen LogP contribution in [0.1, 0.15) is 15.4 Å². The minimum Gasteiger partial charge on any atom is -0.477 e. The molecule has 0 amide bonds. The Morgan fingerprint density at radius 1 is 1.47 bits per heavy atom. The summed E-state index contributed by atoms with van der Waals surface area (Å²) in [6, 6.07) is 7.26. The van der Waals surface area contributed by atoms with E-state index < -0.39 is 5.97 Å². The number of aromatic nitrogens is 1. The van der Waals surface area contributed by atoms with Crippen LogP contribution in [-0.2, 0) is 6.54 Å². The summed E-state index contributed by atoms with van der Waals surface area (Å²) in [5.74, 6) is -1.02. The predicted octanol–water partition coefficient (Wildman–Crippen LogP) is 3.22. The number of carboxylic acids is 1. The minimum absolute atomic E-state index is 0.0439. The Balaban J connectivity index is 2.04. The third kappa shape index (κ3) is 3.28. The fraction of sp³-hybridized carbons (Fsp3) is 0.0909. The van der Waals surface area contributed by atoms with Gasteiger partial charge < -0.3 is 10.4 Å². The largest absolute Gasteiger partial charge is 0.477 e. The molecule has 17 heavy (non-hydrogen) atoms. The molecule has 2 N–H and O–H groups in total. The van der Waals surface area contributed by atoms with E-state index in [4.69, 9.17) is 5.11 Å². The van der Waals surface area contributed by atoms with Crippen LogP contribution in [0.3, 0.4) is 0 Å². The molecule has 4 nitrogen and oxygen atoms in total. The molecule has 0 aliphatic rings. The molecule has 0 saturated carbocycles. The maximum Gasteiger partial charge on any atom is 0.354 e. The Labute approximate surface area is 110 Å². The van der Waals surface area contributed by atoms with Gasteiger partial charge in [0.2, 0.25) is 0 Å². The molecule has 0 aliphatic carbocycles. The highest BCUT2D eigenvalue weighted by Gasteiger charge is 2.05. The van der Waals surface area contributed by atoms with Gasteiger partial charge in [-0.2, -0.15) is 0 Å². The fourth-order valence-electron chi connectivity index (χ4n) is 1.29. The van der Waals surface area contributed by atoms with Gasteiger partial charge in [0.05, 0.1) is 3.79 Å². The van der Waals surface area contributed by atoms with Crippen molar-refractivity contribution < 1.29 is 9.90 Å². The average Bonchev–Trinajstić information content (AvgIpc) is 2.73. The molecule has 2 heterocycles. The molecular weight excluding hydrogens is 304 g/mol. The number of halogens is 1. The quantitative estimate of drug-likeness (QED) is 0.910. The Morgan fingerprint density at radius 3 is 2.94 bits per heavy atom. The lowest BCUT2D eigenvalue weighted by atomic mass is 10.3. The summed E-state index contributed by atoms with van der Waals surface area (Å²) in [4.78, 5) is 15.7. The lowest BCUT2D eigenvalue weighted by Crippen LogP contribution is -2.03. The monoisotopic (exact) mass is 312 g/mol. The molecule has 0 fully saturated rings. The van der Waals surface area contributed by atoms with Gasteiger partial charge in [0.15, 0.2) is 0 Å². The Hall–Kier alpha value is -1.40. The van der Waals surface area contributed by atoms with Gasteiger partial charge in [0.25, 0.3) is 0 Å². The van der Waals surface area contributed by atoms with Crippen molar-refractivity contribution in [1.82, 2.24) is 4.98 Å². The highest BCUT2D eigenvalue weighted by atomic mass is 79.9. The second kappa shape index (κ2) is 5.29. The third-order valence-electron chi connectivity index (χ3n) is 2.07. The molecule has 2 rings (SSSR count). The highest BCUT2D eigenvalue weighted by Crippen LogP contribution is 2.22. The number of carbonyl (C=O) groups is 1. The lowest BCUT2D eigenvalue weighted by molar-refractivity contribution is 0.0690. The van der Waals surface area contributed by atoms with Gasteiger partial charge in [0, 0.05) is 23.3 Å². The van der Waals surface area contributed by atoms with Crippen LogP contribution >= 0.6 is 27.3 Å². The van der Waals surface area contributed by atoms with E-state index in [-0.39, 0.29) is 5.69 Å². The van der Waals surface area contributed by atoms with Gasteiger partial charge in [-0.25, -0.2) is 9.78 Å². The van der Waals surface area contributed by atoms with Gasteiger partial charge >= 0.3 is 5.97 Å². The first-order chi connectivity index (χ1) is 8.15. The number of pyridine rings is 1. The van der Waals surface area contributed by atoms with E-state index in [1.54, 1.807) is 17.4 Å². The summed E-state index contributed by atoms with van der Waals surface area (Å²) in [7, 11) is 0. The van der Waals surface area contributed by atoms with E-state index >= 15 is 0 Å². The Bertz CT molecular complexity index is 542. The summed E-state index contributed by atoms with van der Waals surface area (Å²) in [6.45, 7) is 0.666. The zero-order chi connectivity index (χ0) is 12.3. The maximum absolute atomic E-state index is 10.7. The topological polar surface area (TPSA) is 62.2 Å². The second-order valence-electron chi connectivity index (χ2n) is 3.29. The summed E-state index contributed by atoms with van der Waals surface area (Å²) < 4.78 is 1.08. The predicted molar refractivity (Wildman–Crippen MR) is 70.5 cm³/mol. The van der Waals surface area contributed by atoms with E-state index in [2.05, 4.69) is 26.2 Å². The van der Waals surface area contributed by atoms with Crippen LogP contribution in [0.2, 0.25) is 0 Å². The number of nitrogens with one attached hydrogen (secondary N) is 1. The molecule has 0 atom stereocenters. The first kappa shape index (κ1) is 12.1. The number of aromatic carboxylic acids is 1. The summed E-state index contributed by atoms with van der Waals surface area (Å²) in [5, 5.41) is 12.0. The van der Waals surface area contributed by atoms with Crippen molar-refractivity contribution >= 4 is 38.9 Å². The lowest BCUT2D eigenvalue weighted by Gasteiger charge is -2.04. The number of carboxylic acid groups (broad SMARTS) is 1. The molecule has 0 bridgehead atoms. The first-order valence-electron chi connectivity index (χ1n) is 4.82. The molecule has 2 aromatic heterocycles. The molecule has 0 saturated heterocycles. The van der Waals surface area contributed by atoms with Crippen molar-refractivity contribution in [2.24, 2.45) is 0 Å². The first-order valence-corrected chi connectivity index (χ1v) is 6.43. The molecule has 88 valence electrons. The number of anilines is 1. The molecule has 0 radical (unpaired) electrons. The van der Waals surface area contributed by atoms with E-state index in [0.717, 1.165) is 9.47 Å². The number of nitrogens with zero attached hydrogens (tertiary/aromatic N) is 1. The molecule has 0 unspecified atom stereocenters. The van der Waals surface area contributed by atoms with Crippen molar-refractivity contribution in [3.8, 4) is 0 Å². The van der Waals surface area contributed by atoms with Crippen molar-refractivity contribution in [1.29, 1.82) is 0 Å². The van der Waals surface area contributed by atoms with E-state index in [1.165, 1.54) is 17.1 Å². The zero-order valence-corrected chi connectivity index (χ0v) is 11.1. The average molecular weight is 313 g/mol. The van der Waals surface area contributed by atoms with Crippen LogP contribution in [0, 0.1) is 0 Å². The normalized spacial score (nSPS) is 10.2. The summed E-state index contributed by atoms with van der Waals surface area (Å²) in [6.07, 6.45) is 1.48.